The highest BCUT2D eigenvalue weighted by atomic mass is 16.5. The summed E-state index contributed by atoms with van der Waals surface area (Å²) in [5.74, 6) is 1.55. The molecule has 2 aromatic rings. The predicted octanol–water partition coefficient (Wildman–Crippen LogP) is 3.23. The maximum absolute atomic E-state index is 5.28. The number of nitrogens with zero attached hydrogens (tertiary/aromatic N) is 1. The average Bonchev–Trinajstić information content (AvgIpc) is 2.87. The van der Waals surface area contributed by atoms with Crippen LogP contribution in [0.3, 0.4) is 0 Å². The summed E-state index contributed by atoms with van der Waals surface area (Å²) in [6.07, 6.45) is 2.08. The molecular formula is C16H22N2O. The normalized spacial score (nSPS) is 10.9. The van der Waals surface area contributed by atoms with Gasteiger partial charge in [0.2, 0.25) is 0 Å². The van der Waals surface area contributed by atoms with Crippen LogP contribution in [0.15, 0.2) is 42.6 Å². The lowest BCUT2D eigenvalue weighted by Crippen LogP contribution is -2.20. The summed E-state index contributed by atoms with van der Waals surface area (Å²) >= 11 is 0. The molecule has 1 heterocycles. The summed E-state index contributed by atoms with van der Waals surface area (Å²) in [4.78, 5) is 0. The SMILES string of the molecule is COc1cccc(-n2cccc2CNCC(C)C)c1. The molecule has 102 valence electrons. The maximum atomic E-state index is 5.28. The molecule has 0 radical (unpaired) electrons. The van der Waals surface area contributed by atoms with E-state index in [2.05, 4.69) is 48.1 Å². The molecule has 2 rings (SSSR count). The first-order valence-corrected chi connectivity index (χ1v) is 6.72. The fraction of sp³-hybridized carbons (Fsp3) is 0.375. The quantitative estimate of drug-likeness (QED) is 0.861. The molecule has 0 atom stereocenters. The van der Waals surface area contributed by atoms with Crippen LogP contribution < -0.4 is 10.1 Å². The van der Waals surface area contributed by atoms with Crippen molar-refractivity contribution in [1.29, 1.82) is 0 Å². The Morgan fingerprint density at radius 2 is 2.05 bits per heavy atom. The number of hydrogen-bond donors (Lipinski definition) is 1. The van der Waals surface area contributed by atoms with Gasteiger partial charge in [-0.1, -0.05) is 19.9 Å². The van der Waals surface area contributed by atoms with E-state index in [1.165, 1.54) is 5.69 Å². The minimum Gasteiger partial charge on any atom is -0.497 e. The lowest BCUT2D eigenvalue weighted by Gasteiger charge is -2.12. The van der Waals surface area contributed by atoms with Gasteiger partial charge in [-0.2, -0.15) is 0 Å². The van der Waals surface area contributed by atoms with Crippen molar-refractivity contribution in [3.8, 4) is 11.4 Å². The van der Waals surface area contributed by atoms with Gasteiger partial charge in [-0.3, -0.25) is 0 Å². The van der Waals surface area contributed by atoms with Crippen molar-refractivity contribution < 1.29 is 4.74 Å². The van der Waals surface area contributed by atoms with Gasteiger partial charge in [0.25, 0.3) is 0 Å². The molecule has 0 fully saturated rings. The molecule has 1 aromatic carbocycles. The van der Waals surface area contributed by atoms with Crippen molar-refractivity contribution in [1.82, 2.24) is 9.88 Å². The summed E-state index contributed by atoms with van der Waals surface area (Å²) in [7, 11) is 1.69. The standard InChI is InChI=1S/C16H22N2O/c1-13(2)11-17-12-15-7-5-9-18(15)14-6-4-8-16(10-14)19-3/h4-10,13,17H,11-12H2,1-3H3. The molecule has 19 heavy (non-hydrogen) atoms. The molecule has 0 saturated carbocycles. The van der Waals surface area contributed by atoms with E-state index in [0.29, 0.717) is 5.92 Å². The van der Waals surface area contributed by atoms with Gasteiger partial charge in [0, 0.05) is 30.2 Å². The predicted molar refractivity (Wildman–Crippen MR) is 78.9 cm³/mol. The van der Waals surface area contributed by atoms with Crippen molar-refractivity contribution >= 4 is 0 Å². The summed E-state index contributed by atoms with van der Waals surface area (Å²) < 4.78 is 7.47. The van der Waals surface area contributed by atoms with Gasteiger partial charge in [-0.05, 0) is 36.7 Å². The summed E-state index contributed by atoms with van der Waals surface area (Å²) in [5.41, 5.74) is 2.39. The molecule has 0 aliphatic heterocycles. The number of benzene rings is 1. The Labute approximate surface area is 115 Å². The number of nitrogens with one attached hydrogen (secondary N) is 1. The molecule has 0 aliphatic carbocycles. The van der Waals surface area contributed by atoms with Gasteiger partial charge >= 0.3 is 0 Å². The zero-order valence-corrected chi connectivity index (χ0v) is 11.9. The Kier molecular flexibility index (Phi) is 4.63. The van der Waals surface area contributed by atoms with Crippen molar-refractivity contribution in [2.75, 3.05) is 13.7 Å². The van der Waals surface area contributed by atoms with E-state index in [1.54, 1.807) is 7.11 Å². The topological polar surface area (TPSA) is 26.2 Å². The van der Waals surface area contributed by atoms with Gasteiger partial charge in [0.1, 0.15) is 5.75 Å². The molecule has 3 nitrogen and oxygen atoms in total. The number of rotatable bonds is 6. The van der Waals surface area contributed by atoms with Crippen LogP contribution in [0.4, 0.5) is 0 Å². The van der Waals surface area contributed by atoms with Crippen LogP contribution in [0.25, 0.3) is 5.69 Å². The first-order chi connectivity index (χ1) is 9.20. The fourth-order valence-corrected chi connectivity index (χ4v) is 2.06. The van der Waals surface area contributed by atoms with Crippen LogP contribution in [0.1, 0.15) is 19.5 Å². The van der Waals surface area contributed by atoms with Crippen LogP contribution in [0.2, 0.25) is 0 Å². The average molecular weight is 258 g/mol. The Bertz CT molecular complexity index is 517. The largest absolute Gasteiger partial charge is 0.497 e. The van der Waals surface area contributed by atoms with E-state index in [1.807, 2.05) is 18.2 Å². The van der Waals surface area contributed by atoms with E-state index in [4.69, 9.17) is 4.74 Å². The highest BCUT2D eigenvalue weighted by Gasteiger charge is 2.04. The Hall–Kier alpha value is -1.74. The van der Waals surface area contributed by atoms with Crippen LogP contribution in [0, 0.1) is 5.92 Å². The molecule has 0 amide bonds. The van der Waals surface area contributed by atoms with Crippen LogP contribution in [-0.4, -0.2) is 18.2 Å². The Morgan fingerprint density at radius 3 is 2.79 bits per heavy atom. The van der Waals surface area contributed by atoms with E-state index in [0.717, 1.165) is 24.5 Å². The van der Waals surface area contributed by atoms with Crippen molar-refractivity contribution in [3.05, 3.63) is 48.3 Å². The molecule has 0 unspecified atom stereocenters. The molecule has 0 bridgehead atoms. The molecule has 0 saturated heterocycles. The Morgan fingerprint density at radius 1 is 1.21 bits per heavy atom. The molecule has 0 spiro atoms. The van der Waals surface area contributed by atoms with E-state index < -0.39 is 0 Å². The number of ether oxygens (including phenoxy) is 1. The third-order valence-electron chi connectivity index (χ3n) is 3.02. The lowest BCUT2D eigenvalue weighted by molar-refractivity contribution is 0.414. The van der Waals surface area contributed by atoms with Gasteiger partial charge in [-0.25, -0.2) is 0 Å². The smallest absolute Gasteiger partial charge is 0.120 e. The third-order valence-corrected chi connectivity index (χ3v) is 3.02. The first-order valence-electron chi connectivity index (χ1n) is 6.72. The highest BCUT2D eigenvalue weighted by molar-refractivity contribution is 5.41. The number of methoxy groups -OCH3 is 1. The van der Waals surface area contributed by atoms with E-state index in [9.17, 15) is 0 Å². The van der Waals surface area contributed by atoms with Gasteiger partial charge in [0.05, 0.1) is 7.11 Å². The zero-order chi connectivity index (χ0) is 13.7. The molecule has 0 aliphatic rings. The second-order valence-corrected chi connectivity index (χ2v) is 5.10. The monoisotopic (exact) mass is 258 g/mol. The summed E-state index contributed by atoms with van der Waals surface area (Å²) in [5, 5.41) is 3.47. The number of aromatic nitrogens is 1. The summed E-state index contributed by atoms with van der Waals surface area (Å²) in [6.45, 7) is 6.34. The van der Waals surface area contributed by atoms with Gasteiger partial charge in [-0.15, -0.1) is 0 Å². The van der Waals surface area contributed by atoms with Crippen molar-refractivity contribution in [2.45, 2.75) is 20.4 Å². The minimum absolute atomic E-state index is 0.667. The molecule has 1 aromatic heterocycles. The summed E-state index contributed by atoms with van der Waals surface area (Å²) in [6, 6.07) is 12.3. The molecule has 3 heteroatoms. The minimum atomic E-state index is 0.667. The van der Waals surface area contributed by atoms with E-state index >= 15 is 0 Å². The van der Waals surface area contributed by atoms with E-state index in [-0.39, 0.29) is 0 Å². The highest BCUT2D eigenvalue weighted by Crippen LogP contribution is 2.18. The van der Waals surface area contributed by atoms with Gasteiger partial charge in [0.15, 0.2) is 0 Å². The van der Waals surface area contributed by atoms with Gasteiger partial charge < -0.3 is 14.6 Å². The maximum Gasteiger partial charge on any atom is 0.120 e. The van der Waals surface area contributed by atoms with Crippen LogP contribution in [0.5, 0.6) is 5.75 Å². The molecule has 1 N–H and O–H groups in total. The number of hydrogen-bond acceptors (Lipinski definition) is 2. The third kappa shape index (κ3) is 3.61. The van der Waals surface area contributed by atoms with Crippen LogP contribution in [-0.2, 0) is 6.54 Å². The Balaban J connectivity index is 2.14. The lowest BCUT2D eigenvalue weighted by atomic mass is 10.2. The van der Waals surface area contributed by atoms with Crippen molar-refractivity contribution in [3.63, 3.8) is 0 Å². The first kappa shape index (κ1) is 13.7. The second kappa shape index (κ2) is 6.43. The zero-order valence-electron chi connectivity index (χ0n) is 11.9. The fourth-order valence-electron chi connectivity index (χ4n) is 2.06. The second-order valence-electron chi connectivity index (χ2n) is 5.10. The van der Waals surface area contributed by atoms with Crippen LogP contribution >= 0.6 is 0 Å². The van der Waals surface area contributed by atoms with Crippen molar-refractivity contribution in [2.24, 2.45) is 5.92 Å². The molecular weight excluding hydrogens is 236 g/mol.